The maximum Gasteiger partial charge on any atom is 0.328 e. The Labute approximate surface area is 145 Å². The van der Waals surface area contributed by atoms with Crippen LogP contribution in [0.2, 0.25) is 0 Å². The van der Waals surface area contributed by atoms with Crippen molar-refractivity contribution < 1.29 is 14.7 Å². The van der Waals surface area contributed by atoms with E-state index in [0.717, 1.165) is 5.56 Å². The van der Waals surface area contributed by atoms with Gasteiger partial charge in [0.2, 0.25) is 5.91 Å². The van der Waals surface area contributed by atoms with Gasteiger partial charge in [-0.1, -0.05) is 35.5 Å². The highest BCUT2D eigenvalue weighted by Gasteiger charge is 2.50. The fourth-order valence-corrected chi connectivity index (χ4v) is 3.58. The van der Waals surface area contributed by atoms with E-state index in [1.165, 1.54) is 6.92 Å². The molecule has 7 nitrogen and oxygen atoms in total. The quantitative estimate of drug-likeness (QED) is 0.534. The molecular formula is C16H21N3O4S. The van der Waals surface area contributed by atoms with E-state index in [2.05, 4.69) is 28.0 Å². The van der Waals surface area contributed by atoms with Crippen LogP contribution in [0.1, 0.15) is 25.3 Å². The number of piperidine rings is 1. The van der Waals surface area contributed by atoms with Crippen molar-refractivity contribution in [3.63, 3.8) is 0 Å². The molecule has 24 heavy (non-hydrogen) atoms. The normalized spacial score (nSPS) is 25.7. The number of carboxylic acids is 1. The van der Waals surface area contributed by atoms with Crippen LogP contribution in [0, 0.1) is 4.91 Å². The highest BCUT2D eigenvalue weighted by atomic mass is 32.1. The molecule has 1 saturated heterocycles. The Bertz CT molecular complexity index is 613. The van der Waals surface area contributed by atoms with E-state index in [-0.39, 0.29) is 18.2 Å². The van der Waals surface area contributed by atoms with Gasteiger partial charge in [0.1, 0.15) is 5.54 Å². The highest BCUT2D eigenvalue weighted by Crippen LogP contribution is 2.35. The summed E-state index contributed by atoms with van der Waals surface area (Å²) in [5.74, 6) is -1.77. The van der Waals surface area contributed by atoms with Crippen LogP contribution in [0.25, 0.3) is 0 Å². The summed E-state index contributed by atoms with van der Waals surface area (Å²) >= 11 is 4.53. The molecule has 2 N–H and O–H groups in total. The third kappa shape index (κ3) is 4.12. The van der Waals surface area contributed by atoms with E-state index in [0.29, 0.717) is 13.1 Å². The topological polar surface area (TPSA) is 99.1 Å². The molecule has 0 bridgehead atoms. The predicted octanol–water partition coefficient (Wildman–Crippen LogP) is 1.63. The summed E-state index contributed by atoms with van der Waals surface area (Å²) in [6, 6.07) is 8.48. The summed E-state index contributed by atoms with van der Waals surface area (Å²) in [6.07, 6.45) is 0.404. The van der Waals surface area contributed by atoms with E-state index in [1.807, 2.05) is 30.3 Å². The molecule has 1 aromatic rings. The van der Waals surface area contributed by atoms with Crippen molar-refractivity contribution in [2.24, 2.45) is 5.18 Å². The lowest BCUT2D eigenvalue weighted by atomic mass is 9.81. The first-order valence-electron chi connectivity index (χ1n) is 7.68. The van der Waals surface area contributed by atoms with Gasteiger partial charge in [0.25, 0.3) is 0 Å². The van der Waals surface area contributed by atoms with Gasteiger partial charge in [-0.25, -0.2) is 4.79 Å². The van der Waals surface area contributed by atoms with Crippen LogP contribution < -0.4 is 5.32 Å². The van der Waals surface area contributed by atoms with Gasteiger partial charge in [-0.3, -0.25) is 9.69 Å². The van der Waals surface area contributed by atoms with Gasteiger partial charge < -0.3 is 10.4 Å². The van der Waals surface area contributed by atoms with Crippen molar-refractivity contribution in [3.8, 4) is 0 Å². The molecule has 1 fully saturated rings. The molecule has 0 radical (unpaired) electrons. The van der Waals surface area contributed by atoms with Crippen LogP contribution in [0.4, 0.5) is 0 Å². The Morgan fingerprint density at radius 3 is 2.62 bits per heavy atom. The first-order chi connectivity index (χ1) is 11.4. The molecule has 2 rings (SSSR count). The minimum Gasteiger partial charge on any atom is -0.480 e. The number of nitrogens with zero attached hydrogens (tertiary/aromatic N) is 2. The van der Waals surface area contributed by atoms with E-state index in [4.69, 9.17) is 0 Å². The summed E-state index contributed by atoms with van der Waals surface area (Å²) in [4.78, 5) is 36.4. The Morgan fingerprint density at radius 2 is 2.12 bits per heavy atom. The molecule has 3 atom stereocenters. The number of nitrogens with one attached hydrogen (secondary N) is 1. The second-order valence-corrected chi connectivity index (χ2v) is 6.65. The Balaban J connectivity index is 2.14. The van der Waals surface area contributed by atoms with Gasteiger partial charge in [0.05, 0.1) is 5.37 Å². The van der Waals surface area contributed by atoms with Crippen LogP contribution in [-0.4, -0.2) is 45.4 Å². The second kappa shape index (κ2) is 7.76. The number of hydrogen-bond donors (Lipinski definition) is 3. The van der Waals surface area contributed by atoms with Crippen molar-refractivity contribution in [3.05, 3.63) is 40.8 Å². The smallest absolute Gasteiger partial charge is 0.328 e. The molecule has 0 aliphatic carbocycles. The molecule has 8 heteroatoms. The molecule has 3 unspecified atom stereocenters. The minimum absolute atomic E-state index is 0.156. The first kappa shape index (κ1) is 18.4. The van der Waals surface area contributed by atoms with Crippen LogP contribution in [0.3, 0.4) is 0 Å². The molecule has 0 aromatic heterocycles. The van der Waals surface area contributed by atoms with Gasteiger partial charge in [0.15, 0.2) is 6.04 Å². The lowest BCUT2D eigenvalue weighted by Gasteiger charge is -2.43. The van der Waals surface area contributed by atoms with Crippen molar-refractivity contribution in [2.75, 3.05) is 6.54 Å². The van der Waals surface area contributed by atoms with E-state index in [9.17, 15) is 19.6 Å². The maximum atomic E-state index is 11.5. The molecule has 1 aromatic carbocycles. The average molecular weight is 351 g/mol. The molecule has 0 saturated carbocycles. The second-order valence-electron chi connectivity index (χ2n) is 6.06. The molecule has 0 spiro atoms. The standard InChI is InChI=1S/C16H21N3O4S/c1-11(20)17-14(15(21)22)16(18-23)7-8-19(13(24)9-16)10-12-5-3-2-4-6-12/h2-6,13-14,24H,7-10H2,1H3,(H,17,20)(H,21,22). The fourth-order valence-electron chi connectivity index (χ4n) is 3.06. The Kier molecular flexibility index (Phi) is 5.95. The number of benzene rings is 1. The molecule has 130 valence electrons. The number of amides is 1. The van der Waals surface area contributed by atoms with Crippen molar-refractivity contribution in [1.82, 2.24) is 10.2 Å². The lowest BCUT2D eigenvalue weighted by molar-refractivity contribution is -0.144. The van der Waals surface area contributed by atoms with Gasteiger partial charge >= 0.3 is 5.97 Å². The van der Waals surface area contributed by atoms with Crippen LogP contribution in [0.15, 0.2) is 35.5 Å². The average Bonchev–Trinajstić information content (AvgIpc) is 2.55. The predicted molar refractivity (Wildman–Crippen MR) is 92.6 cm³/mol. The Hall–Kier alpha value is -1.93. The van der Waals surface area contributed by atoms with Crippen molar-refractivity contribution in [1.29, 1.82) is 0 Å². The minimum atomic E-state index is -1.39. The maximum absolute atomic E-state index is 11.5. The van der Waals surface area contributed by atoms with Gasteiger partial charge in [0, 0.05) is 26.4 Å². The number of carbonyl (C=O) groups excluding carboxylic acids is 1. The number of hydrogen-bond acceptors (Lipinski definition) is 6. The summed E-state index contributed by atoms with van der Waals surface area (Å²) < 4.78 is 0. The number of rotatable bonds is 6. The van der Waals surface area contributed by atoms with Gasteiger partial charge in [-0.05, 0) is 12.0 Å². The van der Waals surface area contributed by atoms with Crippen LogP contribution >= 0.6 is 12.6 Å². The molecule has 1 aliphatic heterocycles. The van der Waals surface area contributed by atoms with E-state index in [1.54, 1.807) is 0 Å². The largest absolute Gasteiger partial charge is 0.480 e. The van der Waals surface area contributed by atoms with E-state index < -0.39 is 23.5 Å². The van der Waals surface area contributed by atoms with Gasteiger partial charge in [-0.15, -0.1) is 0 Å². The third-order valence-electron chi connectivity index (χ3n) is 4.33. The summed E-state index contributed by atoms with van der Waals surface area (Å²) in [5, 5.41) is 14.5. The highest BCUT2D eigenvalue weighted by molar-refractivity contribution is 7.80. The molecule has 1 aliphatic rings. The molecular weight excluding hydrogens is 330 g/mol. The van der Waals surface area contributed by atoms with Crippen LogP contribution in [0.5, 0.6) is 0 Å². The summed E-state index contributed by atoms with van der Waals surface area (Å²) in [6.45, 7) is 2.34. The molecule has 1 heterocycles. The monoisotopic (exact) mass is 351 g/mol. The zero-order chi connectivity index (χ0) is 17.7. The third-order valence-corrected chi connectivity index (χ3v) is 4.84. The lowest BCUT2D eigenvalue weighted by Crippen LogP contribution is -2.60. The van der Waals surface area contributed by atoms with Crippen LogP contribution in [-0.2, 0) is 16.1 Å². The number of aliphatic carboxylic acids is 1. The number of carboxylic acid groups (broad SMARTS) is 1. The number of thiol groups is 1. The molecule has 1 amide bonds. The summed E-state index contributed by atoms with van der Waals surface area (Å²) in [7, 11) is 0. The Morgan fingerprint density at radius 1 is 1.46 bits per heavy atom. The van der Waals surface area contributed by atoms with E-state index >= 15 is 0 Å². The van der Waals surface area contributed by atoms with Gasteiger partial charge in [-0.2, -0.15) is 17.5 Å². The van der Waals surface area contributed by atoms with Crippen molar-refractivity contribution in [2.45, 2.75) is 43.3 Å². The SMILES string of the molecule is CC(=O)NC(C(=O)O)C1(N=O)CCN(Cc2ccccc2)C(S)C1. The fraction of sp³-hybridized carbons (Fsp3) is 0.500. The zero-order valence-corrected chi connectivity index (χ0v) is 14.3. The summed E-state index contributed by atoms with van der Waals surface area (Å²) in [5.41, 5.74) is -0.281. The first-order valence-corrected chi connectivity index (χ1v) is 8.20. The number of likely N-dealkylation sites (tertiary alicyclic amines) is 1. The number of nitroso groups, excluding NO2 is 1. The van der Waals surface area contributed by atoms with Crippen molar-refractivity contribution >= 4 is 24.5 Å². The zero-order valence-electron chi connectivity index (χ0n) is 13.4. The number of carbonyl (C=O) groups is 2.